The van der Waals surface area contributed by atoms with Crippen molar-refractivity contribution in [1.29, 1.82) is 0 Å². The van der Waals surface area contributed by atoms with E-state index in [4.69, 9.17) is 10.8 Å². The number of rotatable bonds is 6. The van der Waals surface area contributed by atoms with Gasteiger partial charge in [-0.15, -0.1) is 0 Å². The van der Waals surface area contributed by atoms with Crippen molar-refractivity contribution in [3.05, 3.63) is 35.1 Å². The second-order valence-electron chi connectivity index (χ2n) is 4.81. The third kappa shape index (κ3) is 2.71. The molecule has 100 valence electrons. The van der Waals surface area contributed by atoms with Crippen molar-refractivity contribution in [2.45, 2.75) is 31.8 Å². The van der Waals surface area contributed by atoms with Gasteiger partial charge in [-0.25, -0.2) is 4.39 Å². The lowest BCUT2D eigenvalue weighted by Gasteiger charge is -2.23. The average molecular weight is 252 g/mol. The molecule has 2 rings (SSSR count). The Morgan fingerprint density at radius 2 is 2.17 bits per heavy atom. The monoisotopic (exact) mass is 252 g/mol. The minimum absolute atomic E-state index is 0.121. The van der Waals surface area contributed by atoms with Crippen molar-refractivity contribution in [1.82, 2.24) is 4.90 Å². The minimum Gasteiger partial charge on any atom is -0.396 e. The number of benzene rings is 1. The summed E-state index contributed by atoms with van der Waals surface area (Å²) in [4.78, 5) is 2.24. The van der Waals surface area contributed by atoms with Crippen LogP contribution in [0.25, 0.3) is 0 Å². The maximum absolute atomic E-state index is 13.7. The van der Waals surface area contributed by atoms with E-state index < -0.39 is 0 Å². The highest BCUT2D eigenvalue weighted by molar-refractivity contribution is 5.35. The van der Waals surface area contributed by atoms with Gasteiger partial charge in [0.05, 0.1) is 0 Å². The van der Waals surface area contributed by atoms with E-state index in [0.29, 0.717) is 13.1 Å². The molecule has 0 radical (unpaired) electrons. The lowest BCUT2D eigenvalue weighted by Crippen LogP contribution is -2.28. The maximum Gasteiger partial charge on any atom is 0.128 e. The number of unbranched alkanes of at least 4 members (excludes halogenated alkanes) is 2. The number of nitrogens with two attached hydrogens (primary N) is 1. The molecule has 1 heterocycles. The molecule has 1 aromatic carbocycles. The Balaban J connectivity index is 2.01. The lowest BCUT2D eigenvalue weighted by atomic mass is 10.0. The Kier molecular flexibility index (Phi) is 4.69. The zero-order valence-corrected chi connectivity index (χ0v) is 10.6. The standard InChI is InChI=1S/C14H21FN2O/c15-13-6-4-5-11-12(13)10-17(14(11)9-16)7-2-1-3-8-18/h4-6,14,18H,1-3,7-10,16H2. The van der Waals surface area contributed by atoms with E-state index in [-0.39, 0.29) is 18.5 Å². The number of aliphatic hydroxyl groups is 1. The largest absolute Gasteiger partial charge is 0.396 e. The van der Waals surface area contributed by atoms with Crippen molar-refractivity contribution in [3.63, 3.8) is 0 Å². The van der Waals surface area contributed by atoms with Crippen LogP contribution in [0.2, 0.25) is 0 Å². The molecule has 0 aromatic heterocycles. The predicted octanol–water partition coefficient (Wildman–Crippen LogP) is 1.80. The van der Waals surface area contributed by atoms with E-state index in [0.717, 1.165) is 36.9 Å². The third-order valence-corrected chi connectivity index (χ3v) is 3.64. The molecule has 0 aliphatic carbocycles. The highest BCUT2D eigenvalue weighted by Gasteiger charge is 2.30. The van der Waals surface area contributed by atoms with Crippen LogP contribution in [0.3, 0.4) is 0 Å². The molecule has 3 N–H and O–H groups in total. The van der Waals surface area contributed by atoms with E-state index in [2.05, 4.69) is 4.90 Å². The van der Waals surface area contributed by atoms with Gasteiger partial charge in [-0.2, -0.15) is 0 Å². The molecular formula is C14H21FN2O. The van der Waals surface area contributed by atoms with Crippen LogP contribution in [0.5, 0.6) is 0 Å². The van der Waals surface area contributed by atoms with E-state index in [1.807, 2.05) is 6.07 Å². The van der Waals surface area contributed by atoms with E-state index in [1.54, 1.807) is 6.07 Å². The summed E-state index contributed by atoms with van der Waals surface area (Å²) >= 11 is 0. The predicted molar refractivity (Wildman–Crippen MR) is 69.5 cm³/mol. The number of nitrogens with zero attached hydrogens (tertiary/aromatic N) is 1. The molecule has 0 amide bonds. The number of hydrogen-bond acceptors (Lipinski definition) is 3. The van der Waals surface area contributed by atoms with Crippen molar-refractivity contribution < 1.29 is 9.50 Å². The Labute approximate surface area is 107 Å². The summed E-state index contributed by atoms with van der Waals surface area (Å²) in [5, 5.41) is 8.75. The first-order valence-corrected chi connectivity index (χ1v) is 6.60. The van der Waals surface area contributed by atoms with Crippen LogP contribution in [0.1, 0.15) is 36.4 Å². The van der Waals surface area contributed by atoms with Gasteiger partial charge in [0.15, 0.2) is 0 Å². The Morgan fingerprint density at radius 1 is 1.33 bits per heavy atom. The summed E-state index contributed by atoms with van der Waals surface area (Å²) in [7, 11) is 0. The number of aliphatic hydroxyl groups excluding tert-OH is 1. The average Bonchev–Trinajstić information content (AvgIpc) is 2.74. The smallest absolute Gasteiger partial charge is 0.128 e. The van der Waals surface area contributed by atoms with Crippen LogP contribution in [-0.2, 0) is 6.54 Å². The number of fused-ring (bicyclic) bond motifs is 1. The molecule has 1 atom stereocenters. The van der Waals surface area contributed by atoms with Crippen LogP contribution >= 0.6 is 0 Å². The maximum atomic E-state index is 13.7. The summed E-state index contributed by atoms with van der Waals surface area (Å²) in [6.07, 6.45) is 2.86. The van der Waals surface area contributed by atoms with Gasteiger partial charge in [-0.1, -0.05) is 12.1 Å². The van der Waals surface area contributed by atoms with Gasteiger partial charge in [0.1, 0.15) is 5.82 Å². The zero-order chi connectivity index (χ0) is 13.0. The first-order valence-electron chi connectivity index (χ1n) is 6.60. The summed E-state index contributed by atoms with van der Waals surface area (Å²) in [5.41, 5.74) is 7.66. The van der Waals surface area contributed by atoms with Gasteiger partial charge >= 0.3 is 0 Å². The minimum atomic E-state index is -0.121. The molecule has 1 aromatic rings. The van der Waals surface area contributed by atoms with Gasteiger partial charge in [0.25, 0.3) is 0 Å². The molecule has 1 unspecified atom stereocenters. The van der Waals surface area contributed by atoms with Crippen LogP contribution in [0.15, 0.2) is 18.2 Å². The second kappa shape index (κ2) is 6.27. The van der Waals surface area contributed by atoms with E-state index in [9.17, 15) is 4.39 Å². The highest BCUT2D eigenvalue weighted by atomic mass is 19.1. The number of halogens is 1. The molecule has 4 heteroatoms. The molecular weight excluding hydrogens is 231 g/mol. The van der Waals surface area contributed by atoms with Gasteiger partial charge in [-0.3, -0.25) is 4.90 Å². The third-order valence-electron chi connectivity index (χ3n) is 3.64. The Hall–Kier alpha value is -0.970. The van der Waals surface area contributed by atoms with Crippen molar-refractivity contribution >= 4 is 0 Å². The van der Waals surface area contributed by atoms with Gasteiger partial charge in [-0.05, 0) is 37.4 Å². The normalized spacial score (nSPS) is 19.2. The fourth-order valence-electron chi connectivity index (χ4n) is 2.68. The zero-order valence-electron chi connectivity index (χ0n) is 10.6. The summed E-state index contributed by atoms with van der Waals surface area (Å²) in [5.74, 6) is -0.121. The Bertz CT molecular complexity index is 397. The van der Waals surface area contributed by atoms with Crippen molar-refractivity contribution in [2.75, 3.05) is 19.7 Å². The van der Waals surface area contributed by atoms with Gasteiger partial charge < -0.3 is 10.8 Å². The second-order valence-corrected chi connectivity index (χ2v) is 4.81. The number of hydrogen-bond donors (Lipinski definition) is 2. The molecule has 0 saturated carbocycles. The van der Waals surface area contributed by atoms with Crippen molar-refractivity contribution in [2.24, 2.45) is 5.73 Å². The quantitative estimate of drug-likeness (QED) is 0.759. The van der Waals surface area contributed by atoms with E-state index >= 15 is 0 Å². The molecule has 0 fully saturated rings. The Morgan fingerprint density at radius 3 is 2.89 bits per heavy atom. The first-order chi connectivity index (χ1) is 8.77. The molecule has 1 aliphatic rings. The molecule has 1 aliphatic heterocycles. The first kappa shape index (κ1) is 13.5. The molecule has 3 nitrogen and oxygen atoms in total. The van der Waals surface area contributed by atoms with Crippen molar-refractivity contribution in [3.8, 4) is 0 Å². The van der Waals surface area contributed by atoms with Gasteiger partial charge in [0, 0.05) is 31.3 Å². The summed E-state index contributed by atoms with van der Waals surface area (Å²) < 4.78 is 13.7. The molecule has 0 spiro atoms. The van der Waals surface area contributed by atoms with Crippen LogP contribution in [-0.4, -0.2) is 29.7 Å². The van der Waals surface area contributed by atoms with Crippen LogP contribution < -0.4 is 5.73 Å². The fraction of sp³-hybridized carbons (Fsp3) is 0.571. The van der Waals surface area contributed by atoms with Crippen LogP contribution in [0, 0.1) is 5.82 Å². The topological polar surface area (TPSA) is 49.5 Å². The van der Waals surface area contributed by atoms with Gasteiger partial charge in [0.2, 0.25) is 0 Å². The molecule has 18 heavy (non-hydrogen) atoms. The SMILES string of the molecule is NCC1c2cccc(F)c2CN1CCCCCO. The lowest BCUT2D eigenvalue weighted by molar-refractivity contribution is 0.209. The summed E-state index contributed by atoms with van der Waals surface area (Å²) in [6.45, 7) is 2.34. The summed E-state index contributed by atoms with van der Waals surface area (Å²) in [6, 6.07) is 5.39. The molecule has 0 bridgehead atoms. The van der Waals surface area contributed by atoms with Crippen LogP contribution in [0.4, 0.5) is 4.39 Å². The highest BCUT2D eigenvalue weighted by Crippen LogP contribution is 2.34. The fourth-order valence-corrected chi connectivity index (χ4v) is 2.68. The molecule has 0 saturated heterocycles. The van der Waals surface area contributed by atoms with E-state index in [1.165, 1.54) is 6.07 Å².